The number of phenols is 1. The third-order valence-corrected chi connectivity index (χ3v) is 5.89. The van der Waals surface area contributed by atoms with Gasteiger partial charge in [0.2, 0.25) is 0 Å². The number of sulfonamides is 1. The zero-order chi connectivity index (χ0) is 14.2. The SMILES string of the molecule is Cc1ccc(NS(=O)(=O)c2cc(C)c(Cl)s2)c(O)c1. The van der Waals surface area contributed by atoms with Crippen LogP contribution in [-0.4, -0.2) is 13.5 Å². The predicted octanol–water partition coefficient (Wildman–Crippen LogP) is 3.52. The topological polar surface area (TPSA) is 66.4 Å². The molecular formula is C12H12ClNO3S2. The number of hydrogen-bond acceptors (Lipinski definition) is 4. The van der Waals surface area contributed by atoms with Crippen molar-refractivity contribution in [3.05, 3.63) is 39.7 Å². The van der Waals surface area contributed by atoms with Crippen molar-refractivity contribution in [1.29, 1.82) is 0 Å². The molecule has 2 aromatic rings. The van der Waals surface area contributed by atoms with Crippen LogP contribution in [0, 0.1) is 13.8 Å². The molecule has 0 spiro atoms. The highest BCUT2D eigenvalue weighted by molar-refractivity contribution is 7.94. The Morgan fingerprint density at radius 1 is 1.26 bits per heavy atom. The molecule has 1 heterocycles. The highest BCUT2D eigenvalue weighted by Crippen LogP contribution is 2.33. The van der Waals surface area contributed by atoms with Crippen molar-refractivity contribution < 1.29 is 13.5 Å². The largest absolute Gasteiger partial charge is 0.506 e. The summed E-state index contributed by atoms with van der Waals surface area (Å²) < 4.78 is 27.2. The lowest BCUT2D eigenvalue weighted by molar-refractivity contribution is 0.477. The molecule has 4 nitrogen and oxygen atoms in total. The van der Waals surface area contributed by atoms with E-state index in [4.69, 9.17) is 11.6 Å². The van der Waals surface area contributed by atoms with Gasteiger partial charge in [0, 0.05) is 0 Å². The third kappa shape index (κ3) is 3.02. The second-order valence-electron chi connectivity index (χ2n) is 4.15. The van der Waals surface area contributed by atoms with Crippen LogP contribution in [0.1, 0.15) is 11.1 Å². The molecular weight excluding hydrogens is 306 g/mol. The molecule has 0 aliphatic rings. The maximum absolute atomic E-state index is 12.1. The summed E-state index contributed by atoms with van der Waals surface area (Å²) >= 11 is 6.85. The van der Waals surface area contributed by atoms with Gasteiger partial charge in [-0.25, -0.2) is 8.42 Å². The highest BCUT2D eigenvalue weighted by Gasteiger charge is 2.19. The van der Waals surface area contributed by atoms with Gasteiger partial charge >= 0.3 is 0 Å². The molecule has 0 saturated carbocycles. The van der Waals surface area contributed by atoms with Crippen LogP contribution in [-0.2, 0) is 10.0 Å². The molecule has 7 heteroatoms. The van der Waals surface area contributed by atoms with E-state index in [1.807, 2.05) is 0 Å². The van der Waals surface area contributed by atoms with Gasteiger partial charge < -0.3 is 5.11 Å². The summed E-state index contributed by atoms with van der Waals surface area (Å²) in [5.74, 6) is -0.108. The van der Waals surface area contributed by atoms with Gasteiger partial charge in [-0.2, -0.15) is 0 Å². The smallest absolute Gasteiger partial charge is 0.271 e. The summed E-state index contributed by atoms with van der Waals surface area (Å²) in [7, 11) is -3.73. The zero-order valence-corrected chi connectivity index (χ0v) is 12.7. The van der Waals surface area contributed by atoms with Gasteiger partial charge in [-0.15, -0.1) is 11.3 Å². The second kappa shape index (κ2) is 5.03. The number of anilines is 1. The van der Waals surface area contributed by atoms with Crippen molar-refractivity contribution in [2.45, 2.75) is 18.1 Å². The molecule has 0 aliphatic carbocycles. The van der Waals surface area contributed by atoms with Crippen molar-refractivity contribution in [3.63, 3.8) is 0 Å². The molecule has 1 aromatic carbocycles. The van der Waals surface area contributed by atoms with Gasteiger partial charge in [0.1, 0.15) is 9.96 Å². The average molecular weight is 318 g/mol. The minimum absolute atomic E-state index is 0.108. The molecule has 0 radical (unpaired) electrons. The summed E-state index contributed by atoms with van der Waals surface area (Å²) in [6.45, 7) is 3.54. The van der Waals surface area contributed by atoms with Crippen LogP contribution in [0.2, 0.25) is 4.34 Å². The first-order valence-corrected chi connectivity index (χ1v) is 8.06. The van der Waals surface area contributed by atoms with Crippen LogP contribution in [0.5, 0.6) is 5.75 Å². The Morgan fingerprint density at radius 3 is 2.47 bits per heavy atom. The van der Waals surface area contributed by atoms with Crippen molar-refractivity contribution in [2.24, 2.45) is 0 Å². The van der Waals surface area contributed by atoms with E-state index >= 15 is 0 Å². The number of aromatic hydroxyl groups is 1. The summed E-state index contributed by atoms with van der Waals surface area (Å²) in [5, 5.41) is 9.71. The molecule has 0 aliphatic heterocycles. The van der Waals surface area contributed by atoms with E-state index in [9.17, 15) is 13.5 Å². The van der Waals surface area contributed by atoms with Gasteiger partial charge in [0.05, 0.1) is 10.0 Å². The second-order valence-corrected chi connectivity index (χ2v) is 7.71. The quantitative estimate of drug-likeness (QED) is 0.851. The number of nitrogens with one attached hydrogen (secondary N) is 1. The number of hydrogen-bond donors (Lipinski definition) is 2. The Bertz CT molecular complexity index is 703. The number of rotatable bonds is 3. The van der Waals surface area contributed by atoms with Crippen molar-refractivity contribution >= 4 is 38.6 Å². The molecule has 0 amide bonds. The van der Waals surface area contributed by atoms with Gasteiger partial charge in [-0.1, -0.05) is 17.7 Å². The minimum atomic E-state index is -3.73. The van der Waals surface area contributed by atoms with Crippen LogP contribution in [0.3, 0.4) is 0 Å². The maximum atomic E-state index is 12.1. The van der Waals surface area contributed by atoms with E-state index in [1.165, 1.54) is 18.2 Å². The lowest BCUT2D eigenvalue weighted by Crippen LogP contribution is -2.11. The van der Waals surface area contributed by atoms with Crippen LogP contribution in [0.25, 0.3) is 0 Å². The third-order valence-electron chi connectivity index (χ3n) is 2.50. The van der Waals surface area contributed by atoms with E-state index < -0.39 is 10.0 Å². The molecule has 19 heavy (non-hydrogen) atoms. The van der Waals surface area contributed by atoms with Crippen LogP contribution in [0.4, 0.5) is 5.69 Å². The van der Waals surface area contributed by atoms with Crippen molar-refractivity contribution in [3.8, 4) is 5.75 Å². The maximum Gasteiger partial charge on any atom is 0.271 e. The molecule has 0 saturated heterocycles. The van der Waals surface area contributed by atoms with Crippen LogP contribution < -0.4 is 4.72 Å². The van der Waals surface area contributed by atoms with Gasteiger partial charge in [0.15, 0.2) is 0 Å². The zero-order valence-electron chi connectivity index (χ0n) is 10.3. The predicted molar refractivity (Wildman–Crippen MR) is 77.7 cm³/mol. The lowest BCUT2D eigenvalue weighted by Gasteiger charge is -2.08. The fourth-order valence-electron chi connectivity index (χ4n) is 1.49. The monoisotopic (exact) mass is 317 g/mol. The first-order valence-electron chi connectivity index (χ1n) is 5.38. The Balaban J connectivity index is 2.36. The average Bonchev–Trinajstić information content (AvgIpc) is 2.64. The summed E-state index contributed by atoms with van der Waals surface area (Å²) in [4.78, 5) is 0. The lowest BCUT2D eigenvalue weighted by atomic mass is 10.2. The van der Waals surface area contributed by atoms with Crippen LogP contribution in [0.15, 0.2) is 28.5 Å². The highest BCUT2D eigenvalue weighted by atomic mass is 35.5. The van der Waals surface area contributed by atoms with Crippen molar-refractivity contribution in [1.82, 2.24) is 0 Å². The van der Waals surface area contributed by atoms with E-state index in [0.717, 1.165) is 16.9 Å². The number of benzene rings is 1. The molecule has 0 bridgehead atoms. The van der Waals surface area contributed by atoms with E-state index in [-0.39, 0.29) is 15.6 Å². The molecule has 0 atom stereocenters. The van der Waals surface area contributed by atoms with Gasteiger partial charge in [-0.3, -0.25) is 4.72 Å². The normalized spacial score (nSPS) is 11.5. The summed E-state index contributed by atoms with van der Waals surface area (Å²) in [5.41, 5.74) is 1.70. The van der Waals surface area contributed by atoms with Gasteiger partial charge in [-0.05, 0) is 43.2 Å². The van der Waals surface area contributed by atoms with Gasteiger partial charge in [0.25, 0.3) is 10.0 Å². The number of phenolic OH excluding ortho intramolecular Hbond substituents is 1. The molecule has 2 N–H and O–H groups in total. The van der Waals surface area contributed by atoms with E-state index in [0.29, 0.717) is 9.90 Å². The molecule has 1 aromatic heterocycles. The fourth-order valence-corrected chi connectivity index (χ4v) is 4.27. The van der Waals surface area contributed by atoms with E-state index in [1.54, 1.807) is 19.9 Å². The Kier molecular flexibility index (Phi) is 3.75. The Labute approximate surface area is 120 Å². The molecule has 2 rings (SSSR count). The molecule has 102 valence electrons. The summed E-state index contributed by atoms with van der Waals surface area (Å²) in [6, 6.07) is 6.22. The Hall–Kier alpha value is -1.24. The standard InChI is InChI=1S/C12H12ClNO3S2/c1-7-3-4-9(10(15)5-7)14-19(16,17)11-6-8(2)12(13)18-11/h3-6,14-15H,1-2H3. The number of thiophene rings is 1. The number of halogens is 1. The van der Waals surface area contributed by atoms with Crippen LogP contribution >= 0.6 is 22.9 Å². The first kappa shape index (κ1) is 14.2. The Morgan fingerprint density at radius 2 is 1.95 bits per heavy atom. The first-order chi connectivity index (χ1) is 8.79. The molecule has 0 unspecified atom stereocenters. The fraction of sp³-hybridized carbons (Fsp3) is 0.167. The minimum Gasteiger partial charge on any atom is -0.506 e. The van der Waals surface area contributed by atoms with E-state index in [2.05, 4.69) is 4.72 Å². The summed E-state index contributed by atoms with van der Waals surface area (Å²) in [6.07, 6.45) is 0. The van der Waals surface area contributed by atoms with Crippen molar-refractivity contribution in [2.75, 3.05) is 4.72 Å². The molecule has 0 fully saturated rings. The number of aryl methyl sites for hydroxylation is 2.